The van der Waals surface area contributed by atoms with E-state index in [1.165, 1.54) is 16.7 Å². The van der Waals surface area contributed by atoms with Crippen molar-refractivity contribution in [2.75, 3.05) is 0 Å². The van der Waals surface area contributed by atoms with Gasteiger partial charge in [-0.25, -0.2) is 23.1 Å². The Morgan fingerprint density at radius 3 is 2.31 bits per heavy atom. The third kappa shape index (κ3) is 6.56. The summed E-state index contributed by atoms with van der Waals surface area (Å²) < 4.78 is 33.8. The molecule has 3 rings (SSSR count). The fourth-order valence-electron chi connectivity index (χ4n) is 3.23. The van der Waals surface area contributed by atoms with Gasteiger partial charge in [0.25, 0.3) is 0 Å². The fourth-order valence-corrected chi connectivity index (χ4v) is 4.18. The van der Waals surface area contributed by atoms with Crippen molar-refractivity contribution in [2.24, 2.45) is 0 Å². The van der Waals surface area contributed by atoms with Crippen molar-refractivity contribution in [1.29, 1.82) is 0 Å². The van der Waals surface area contributed by atoms with E-state index in [0.29, 0.717) is 17.9 Å². The first-order valence-corrected chi connectivity index (χ1v) is 11.6. The van der Waals surface area contributed by atoms with Gasteiger partial charge < -0.3 is 9.84 Å². The van der Waals surface area contributed by atoms with E-state index >= 15 is 0 Å². The first kappa shape index (κ1) is 26.1. The van der Waals surface area contributed by atoms with Gasteiger partial charge in [-0.2, -0.15) is 5.10 Å². The number of ether oxygens (including phenoxy) is 1. The summed E-state index contributed by atoms with van der Waals surface area (Å²) in [7, 11) is 0. The lowest BCUT2D eigenvalue weighted by Gasteiger charge is -2.18. The van der Waals surface area contributed by atoms with Crippen molar-refractivity contribution in [2.45, 2.75) is 56.5 Å². The monoisotopic (exact) mass is 505 g/mol. The van der Waals surface area contributed by atoms with Gasteiger partial charge in [-0.15, -0.1) is 11.8 Å². The molecule has 186 valence electrons. The number of carboxylic acids is 1. The van der Waals surface area contributed by atoms with Crippen LogP contribution in [0.4, 0.5) is 8.78 Å². The standard InChI is InChI=1S/C24H25F2N3O5S/c1-4-9-28-20(27-29(23(28)33)13-15-10-17(25)12-18(26)11-15)14-34-21(30)16-5-7-19(8-6-16)35-24(2,3)22(31)32/h5-8,10-12H,4,9,13-14H2,1-3H3,(H,31,32). The van der Waals surface area contributed by atoms with Gasteiger partial charge in [-0.3, -0.25) is 9.36 Å². The van der Waals surface area contributed by atoms with Crippen LogP contribution < -0.4 is 5.69 Å². The molecule has 0 bridgehead atoms. The molecular formula is C24H25F2N3O5S. The Morgan fingerprint density at radius 1 is 1.11 bits per heavy atom. The van der Waals surface area contributed by atoms with Crippen molar-refractivity contribution in [3.63, 3.8) is 0 Å². The zero-order chi connectivity index (χ0) is 25.8. The van der Waals surface area contributed by atoms with Crippen LogP contribution in [0.2, 0.25) is 0 Å². The summed E-state index contributed by atoms with van der Waals surface area (Å²) in [5.74, 6) is -2.91. The predicted molar refractivity (Wildman–Crippen MR) is 125 cm³/mol. The molecule has 0 aliphatic heterocycles. The highest BCUT2D eigenvalue weighted by molar-refractivity contribution is 8.01. The average molecular weight is 506 g/mol. The van der Waals surface area contributed by atoms with Crippen LogP contribution in [0.15, 0.2) is 52.2 Å². The van der Waals surface area contributed by atoms with Crippen LogP contribution in [0, 0.1) is 11.6 Å². The molecule has 1 aromatic heterocycles. The molecule has 11 heteroatoms. The Kier molecular flexibility index (Phi) is 8.11. The summed E-state index contributed by atoms with van der Waals surface area (Å²) in [6.07, 6.45) is 0.618. The Morgan fingerprint density at radius 2 is 1.74 bits per heavy atom. The van der Waals surface area contributed by atoms with Crippen LogP contribution in [-0.4, -0.2) is 36.1 Å². The quantitative estimate of drug-likeness (QED) is 0.327. The van der Waals surface area contributed by atoms with Crippen LogP contribution in [0.3, 0.4) is 0 Å². The fraction of sp³-hybridized carbons (Fsp3) is 0.333. The van der Waals surface area contributed by atoms with E-state index in [1.54, 1.807) is 26.0 Å². The van der Waals surface area contributed by atoms with E-state index in [2.05, 4.69) is 5.10 Å². The number of hydrogen-bond donors (Lipinski definition) is 1. The van der Waals surface area contributed by atoms with Crippen molar-refractivity contribution in [1.82, 2.24) is 14.3 Å². The molecule has 0 radical (unpaired) electrons. The second-order valence-corrected chi connectivity index (χ2v) is 10.00. The molecule has 0 unspecified atom stereocenters. The van der Waals surface area contributed by atoms with Gasteiger partial charge in [0.2, 0.25) is 0 Å². The molecule has 0 aliphatic rings. The van der Waals surface area contributed by atoms with Gasteiger partial charge in [-0.1, -0.05) is 6.92 Å². The van der Waals surface area contributed by atoms with E-state index in [4.69, 9.17) is 4.74 Å². The minimum absolute atomic E-state index is 0.142. The number of thioether (sulfide) groups is 1. The van der Waals surface area contributed by atoms with Crippen molar-refractivity contribution in [3.05, 3.63) is 81.5 Å². The number of carbonyl (C=O) groups excluding carboxylic acids is 1. The van der Waals surface area contributed by atoms with Crippen molar-refractivity contribution >= 4 is 23.7 Å². The molecule has 0 atom stereocenters. The highest BCUT2D eigenvalue weighted by Gasteiger charge is 2.28. The zero-order valence-corrected chi connectivity index (χ0v) is 20.3. The van der Waals surface area contributed by atoms with E-state index in [0.717, 1.165) is 34.6 Å². The zero-order valence-electron chi connectivity index (χ0n) is 19.5. The largest absolute Gasteiger partial charge is 0.480 e. The van der Waals surface area contributed by atoms with Gasteiger partial charge in [0.05, 0.1) is 12.1 Å². The first-order valence-electron chi connectivity index (χ1n) is 10.8. The van der Waals surface area contributed by atoms with E-state index in [1.807, 2.05) is 6.92 Å². The molecule has 1 heterocycles. The Hall–Kier alpha value is -3.47. The summed E-state index contributed by atoms with van der Waals surface area (Å²) in [5, 5.41) is 13.5. The molecule has 3 aromatic rings. The second kappa shape index (κ2) is 10.9. The van der Waals surface area contributed by atoms with Gasteiger partial charge in [0, 0.05) is 17.5 Å². The Balaban J connectivity index is 1.72. The minimum atomic E-state index is -1.03. The highest BCUT2D eigenvalue weighted by Crippen LogP contribution is 2.32. The lowest BCUT2D eigenvalue weighted by molar-refractivity contribution is -0.138. The summed E-state index contributed by atoms with van der Waals surface area (Å²) in [4.78, 5) is 37.3. The van der Waals surface area contributed by atoms with Crippen LogP contribution >= 0.6 is 11.8 Å². The van der Waals surface area contributed by atoms with E-state index in [9.17, 15) is 28.3 Å². The van der Waals surface area contributed by atoms with Crippen molar-refractivity contribution in [3.8, 4) is 0 Å². The molecule has 35 heavy (non-hydrogen) atoms. The molecule has 8 nitrogen and oxygen atoms in total. The highest BCUT2D eigenvalue weighted by atomic mass is 32.2. The number of halogens is 2. The topological polar surface area (TPSA) is 103 Å². The smallest absolute Gasteiger partial charge is 0.346 e. The number of benzene rings is 2. The Bertz CT molecular complexity index is 1270. The van der Waals surface area contributed by atoms with Crippen LogP contribution in [0.5, 0.6) is 0 Å². The number of hydrogen-bond acceptors (Lipinski definition) is 6. The summed E-state index contributed by atoms with van der Waals surface area (Å²) in [6, 6.07) is 9.29. The SMILES string of the molecule is CCCn1c(COC(=O)c2ccc(SC(C)(C)C(=O)O)cc2)nn(Cc2cc(F)cc(F)c2)c1=O. The van der Waals surface area contributed by atoms with Gasteiger partial charge in [0.15, 0.2) is 12.4 Å². The molecular weight excluding hydrogens is 480 g/mol. The van der Waals surface area contributed by atoms with E-state index in [-0.39, 0.29) is 30.1 Å². The molecule has 0 fully saturated rings. The lowest BCUT2D eigenvalue weighted by atomic mass is 10.2. The number of carboxylic acid groups (broad SMARTS) is 1. The van der Waals surface area contributed by atoms with Gasteiger partial charge >= 0.3 is 17.6 Å². The number of aliphatic carboxylic acids is 1. The first-order chi connectivity index (χ1) is 16.5. The summed E-state index contributed by atoms with van der Waals surface area (Å²) in [5.41, 5.74) is 0.00450. The third-order valence-electron chi connectivity index (χ3n) is 5.01. The molecule has 2 aromatic carbocycles. The lowest BCUT2D eigenvalue weighted by Crippen LogP contribution is -2.26. The van der Waals surface area contributed by atoms with Gasteiger partial charge in [0.1, 0.15) is 16.4 Å². The maximum Gasteiger partial charge on any atom is 0.346 e. The van der Waals surface area contributed by atoms with Crippen LogP contribution in [-0.2, 0) is 29.2 Å². The van der Waals surface area contributed by atoms with Crippen molar-refractivity contribution < 1.29 is 28.2 Å². The third-order valence-corrected chi connectivity index (χ3v) is 6.20. The van der Waals surface area contributed by atoms with E-state index < -0.39 is 34.0 Å². The molecule has 0 amide bonds. The maximum absolute atomic E-state index is 13.5. The summed E-state index contributed by atoms with van der Waals surface area (Å²) in [6.45, 7) is 4.95. The molecule has 0 spiro atoms. The second-order valence-electron chi connectivity index (χ2n) is 8.30. The number of esters is 1. The van der Waals surface area contributed by atoms with Crippen LogP contribution in [0.1, 0.15) is 48.9 Å². The number of rotatable bonds is 10. The molecule has 0 saturated carbocycles. The number of carbonyl (C=O) groups is 2. The Labute approximate surface area is 204 Å². The minimum Gasteiger partial charge on any atom is -0.480 e. The molecule has 0 aliphatic carbocycles. The molecule has 1 N–H and O–H groups in total. The van der Waals surface area contributed by atoms with Crippen LogP contribution in [0.25, 0.3) is 0 Å². The molecule has 0 saturated heterocycles. The normalized spacial score (nSPS) is 11.5. The number of aromatic nitrogens is 3. The maximum atomic E-state index is 13.5. The summed E-state index contributed by atoms with van der Waals surface area (Å²) >= 11 is 1.15. The van der Waals surface area contributed by atoms with Gasteiger partial charge in [-0.05, 0) is 62.2 Å². The number of nitrogens with zero attached hydrogens (tertiary/aromatic N) is 3. The average Bonchev–Trinajstić information content (AvgIpc) is 3.06. The predicted octanol–water partition coefficient (Wildman–Crippen LogP) is 4.09.